The van der Waals surface area contributed by atoms with Gasteiger partial charge in [-0.2, -0.15) is 0 Å². The van der Waals surface area contributed by atoms with Gasteiger partial charge in [-0.05, 0) is 12.8 Å². The molecule has 4 nitrogen and oxygen atoms in total. The second-order valence-electron chi connectivity index (χ2n) is 2.78. The maximum atomic E-state index is 10.4. The summed E-state index contributed by atoms with van der Waals surface area (Å²) in [4.78, 5) is 20.8. The van der Waals surface area contributed by atoms with Gasteiger partial charge in [0.05, 0.1) is 0 Å². The zero-order chi connectivity index (χ0) is 9.14. The van der Waals surface area contributed by atoms with Gasteiger partial charge >= 0.3 is 45.5 Å². The summed E-state index contributed by atoms with van der Waals surface area (Å²) in [5.74, 6) is -4.61. The van der Waals surface area contributed by atoms with Crippen molar-refractivity contribution in [2.75, 3.05) is 0 Å². The van der Waals surface area contributed by atoms with Crippen LogP contribution >= 0.6 is 0 Å². The van der Waals surface area contributed by atoms with E-state index in [1.165, 1.54) is 6.08 Å². The Labute approximate surface area is 113 Å². The number of carboxylic acid groups (broad SMARTS) is 2. The fourth-order valence-electron chi connectivity index (χ4n) is 1.34. The normalized spacial score (nSPS) is 26.2. The Bertz CT molecular complexity index is 236. The van der Waals surface area contributed by atoms with E-state index >= 15 is 0 Å². The number of aliphatic carboxylic acids is 2. The largest absolute Gasteiger partial charge is 2.00 e. The van der Waals surface area contributed by atoms with E-state index in [2.05, 4.69) is 0 Å². The molecule has 1 rings (SSSR count). The molecule has 0 bridgehead atoms. The summed E-state index contributed by atoms with van der Waals surface area (Å²) in [6.45, 7) is 0. The summed E-state index contributed by atoms with van der Waals surface area (Å²) in [5, 5.41) is 20.8. The van der Waals surface area contributed by atoms with E-state index in [9.17, 15) is 19.8 Å². The number of carboxylic acids is 2. The zero-order valence-corrected chi connectivity index (χ0v) is 10.5. The molecule has 0 fully saturated rings. The molecule has 2 atom stereocenters. The molecule has 0 amide bonds. The van der Waals surface area contributed by atoms with Crippen LogP contribution in [-0.2, 0) is 9.59 Å². The quantitative estimate of drug-likeness (QED) is 0.410. The second kappa shape index (κ2) is 5.80. The first-order valence-electron chi connectivity index (χ1n) is 3.71. The number of carbonyl (C=O) groups excluding carboxylic acids is 2. The predicted octanol–water partition coefficient (Wildman–Crippen LogP) is -2.31. The van der Waals surface area contributed by atoms with E-state index in [0.717, 1.165) is 0 Å². The Morgan fingerprint density at radius 2 is 1.85 bits per heavy atom. The van der Waals surface area contributed by atoms with Gasteiger partial charge in [-0.3, -0.25) is 0 Å². The van der Waals surface area contributed by atoms with Crippen LogP contribution in [0.25, 0.3) is 0 Å². The van der Waals surface area contributed by atoms with E-state index in [-0.39, 0.29) is 45.5 Å². The summed E-state index contributed by atoms with van der Waals surface area (Å²) in [7, 11) is 0. The molecule has 0 spiro atoms. The van der Waals surface area contributed by atoms with Crippen molar-refractivity contribution >= 4 is 57.4 Å². The maximum Gasteiger partial charge on any atom is 2.00 e. The van der Waals surface area contributed by atoms with Crippen molar-refractivity contribution in [1.82, 2.24) is 0 Å². The van der Waals surface area contributed by atoms with Gasteiger partial charge in [0.15, 0.2) is 0 Å². The number of rotatable bonds is 2. The summed E-state index contributed by atoms with van der Waals surface area (Å²) < 4.78 is 0. The first-order chi connectivity index (χ1) is 5.63. The number of hydrogen-bond donors (Lipinski definition) is 0. The number of hydrogen-bond acceptors (Lipinski definition) is 4. The van der Waals surface area contributed by atoms with Gasteiger partial charge in [-0.1, -0.05) is 12.2 Å². The third kappa shape index (κ3) is 3.42. The van der Waals surface area contributed by atoms with E-state index in [4.69, 9.17) is 0 Å². The van der Waals surface area contributed by atoms with E-state index in [0.29, 0.717) is 12.8 Å². The van der Waals surface area contributed by atoms with Crippen LogP contribution in [0, 0.1) is 11.8 Å². The zero-order valence-electron chi connectivity index (χ0n) is 7.06. The van der Waals surface area contributed by atoms with Gasteiger partial charge < -0.3 is 19.8 Å². The molecule has 0 saturated carbocycles. The monoisotopic (exact) mass is 256 g/mol. The Morgan fingerprint density at radius 1 is 1.23 bits per heavy atom. The third-order valence-electron chi connectivity index (χ3n) is 2.00. The van der Waals surface area contributed by atoms with Gasteiger partial charge in [-0.25, -0.2) is 0 Å². The van der Waals surface area contributed by atoms with Crippen molar-refractivity contribution in [3.05, 3.63) is 12.2 Å². The molecule has 0 N–H and O–H groups in total. The number of allylic oxidation sites excluding steroid dienone is 1. The molecule has 0 aromatic rings. The van der Waals surface area contributed by atoms with Gasteiger partial charge in [0, 0.05) is 23.8 Å². The molecule has 0 aliphatic heterocycles. The van der Waals surface area contributed by atoms with Gasteiger partial charge in [0.25, 0.3) is 0 Å². The summed E-state index contributed by atoms with van der Waals surface area (Å²) >= 11 is 0. The van der Waals surface area contributed by atoms with Crippen molar-refractivity contribution in [3.63, 3.8) is 0 Å². The topological polar surface area (TPSA) is 80.3 Å². The molecule has 0 heterocycles. The standard InChI is InChI=1S/C8H10O4.Sr/c9-7(10)5-3-1-2-4-6(5)8(11)12;/h1,3,5-6H,2,4H2,(H,9,10)(H,11,12);/q;+2/p-2. The minimum atomic E-state index is -1.35. The van der Waals surface area contributed by atoms with Crippen molar-refractivity contribution in [2.24, 2.45) is 11.8 Å². The Hall–Kier alpha value is 0.161. The van der Waals surface area contributed by atoms with Crippen molar-refractivity contribution in [3.8, 4) is 0 Å². The smallest absolute Gasteiger partial charge is 0.550 e. The molecular formula is C8H8O4Sr. The van der Waals surface area contributed by atoms with Crippen LogP contribution in [0.3, 0.4) is 0 Å². The van der Waals surface area contributed by atoms with Gasteiger partial charge in [0.2, 0.25) is 0 Å². The average molecular weight is 256 g/mol. The molecule has 0 aromatic heterocycles. The first kappa shape index (κ1) is 13.2. The average Bonchev–Trinajstić information content (AvgIpc) is 2.04. The minimum Gasteiger partial charge on any atom is -0.550 e. The molecular weight excluding hydrogens is 248 g/mol. The van der Waals surface area contributed by atoms with Crippen LogP contribution in [0.2, 0.25) is 0 Å². The van der Waals surface area contributed by atoms with Crippen LogP contribution in [-0.4, -0.2) is 57.4 Å². The summed E-state index contributed by atoms with van der Waals surface area (Å²) in [5.41, 5.74) is 0. The molecule has 0 saturated heterocycles. The van der Waals surface area contributed by atoms with Crippen molar-refractivity contribution in [1.29, 1.82) is 0 Å². The van der Waals surface area contributed by atoms with E-state index < -0.39 is 23.8 Å². The van der Waals surface area contributed by atoms with Crippen LogP contribution in [0.5, 0.6) is 0 Å². The predicted molar refractivity (Wildman–Crippen MR) is 41.1 cm³/mol. The van der Waals surface area contributed by atoms with E-state index in [1.807, 2.05) is 0 Å². The van der Waals surface area contributed by atoms with Crippen LogP contribution in [0.15, 0.2) is 12.2 Å². The minimum absolute atomic E-state index is 0. The molecule has 0 aromatic carbocycles. The molecule has 66 valence electrons. The van der Waals surface area contributed by atoms with Crippen molar-refractivity contribution < 1.29 is 19.8 Å². The molecule has 0 radical (unpaired) electrons. The molecule has 2 unspecified atom stereocenters. The maximum absolute atomic E-state index is 10.4. The van der Waals surface area contributed by atoms with Crippen LogP contribution < -0.4 is 10.2 Å². The van der Waals surface area contributed by atoms with Crippen LogP contribution in [0.1, 0.15) is 12.8 Å². The SMILES string of the molecule is O=C([O-])C1C=CCCC1C(=O)[O-].[Sr+2]. The Morgan fingerprint density at radius 3 is 2.23 bits per heavy atom. The Balaban J connectivity index is 0.00000144. The van der Waals surface area contributed by atoms with Gasteiger partial charge in [0.1, 0.15) is 0 Å². The van der Waals surface area contributed by atoms with E-state index in [1.54, 1.807) is 6.08 Å². The molecule has 5 heteroatoms. The fourth-order valence-corrected chi connectivity index (χ4v) is 1.34. The molecule has 1 aliphatic rings. The molecule has 1 aliphatic carbocycles. The fraction of sp³-hybridized carbons (Fsp3) is 0.500. The number of carbonyl (C=O) groups is 2. The van der Waals surface area contributed by atoms with Gasteiger partial charge in [-0.15, -0.1) is 0 Å². The van der Waals surface area contributed by atoms with Crippen molar-refractivity contribution in [2.45, 2.75) is 12.8 Å². The molecule has 13 heavy (non-hydrogen) atoms. The Kier molecular flexibility index (Phi) is 5.87. The first-order valence-corrected chi connectivity index (χ1v) is 3.71. The second-order valence-corrected chi connectivity index (χ2v) is 2.78. The summed E-state index contributed by atoms with van der Waals surface area (Å²) in [6, 6.07) is 0. The van der Waals surface area contributed by atoms with Crippen LogP contribution in [0.4, 0.5) is 0 Å². The summed E-state index contributed by atoms with van der Waals surface area (Å²) in [6.07, 6.45) is 3.92. The third-order valence-corrected chi connectivity index (χ3v) is 2.00.